The molecule has 1 heteroatoms. The van der Waals surface area contributed by atoms with Gasteiger partial charge in [-0.25, -0.2) is 0 Å². The molecule has 76 valence electrons. The third kappa shape index (κ3) is 1.98. The molecule has 0 spiro atoms. The number of benzene rings is 1. The molecule has 1 aromatic carbocycles. The van der Waals surface area contributed by atoms with Crippen molar-refractivity contribution in [2.75, 3.05) is 0 Å². The van der Waals surface area contributed by atoms with Gasteiger partial charge in [0.25, 0.3) is 0 Å². The van der Waals surface area contributed by atoms with Gasteiger partial charge in [-0.3, -0.25) is 0 Å². The number of halogens is 1. The average molecular weight is 261 g/mol. The Kier molecular flexibility index (Phi) is 2.92. The van der Waals surface area contributed by atoms with Gasteiger partial charge in [0.05, 0.1) is 0 Å². The lowest BCUT2D eigenvalue weighted by molar-refractivity contribution is 1.24. The van der Waals surface area contributed by atoms with E-state index in [-0.39, 0.29) is 0 Å². The fourth-order valence-electron chi connectivity index (χ4n) is 1.93. The molecule has 0 bridgehead atoms. The summed E-state index contributed by atoms with van der Waals surface area (Å²) in [7, 11) is 0. The molecule has 1 aliphatic carbocycles. The summed E-state index contributed by atoms with van der Waals surface area (Å²) in [5.74, 6) is 0. The first kappa shape index (κ1) is 10.4. The first-order valence-electron chi connectivity index (χ1n) is 5.00. The highest BCUT2D eigenvalue weighted by atomic mass is 79.9. The van der Waals surface area contributed by atoms with Gasteiger partial charge in [-0.2, -0.15) is 0 Å². The van der Waals surface area contributed by atoms with Gasteiger partial charge in [-0.05, 0) is 47.8 Å². The molecule has 0 fully saturated rings. The van der Waals surface area contributed by atoms with Gasteiger partial charge < -0.3 is 0 Å². The molecule has 0 unspecified atom stereocenters. The van der Waals surface area contributed by atoms with Crippen LogP contribution in [0.1, 0.15) is 18.1 Å². The van der Waals surface area contributed by atoms with Crippen molar-refractivity contribution in [2.24, 2.45) is 0 Å². The maximum absolute atomic E-state index is 3.69. The fourth-order valence-corrected chi connectivity index (χ4v) is 2.29. The summed E-state index contributed by atoms with van der Waals surface area (Å²) in [6.07, 6.45) is 7.01. The predicted molar refractivity (Wildman–Crippen MR) is 69.8 cm³/mol. The number of hydrogen-bond donors (Lipinski definition) is 0. The van der Waals surface area contributed by atoms with E-state index in [0.29, 0.717) is 0 Å². The van der Waals surface area contributed by atoms with Crippen LogP contribution in [0.4, 0.5) is 0 Å². The van der Waals surface area contributed by atoms with Crippen molar-refractivity contribution in [3.8, 4) is 0 Å². The van der Waals surface area contributed by atoms with E-state index in [0.717, 1.165) is 10.9 Å². The van der Waals surface area contributed by atoms with Crippen molar-refractivity contribution < 1.29 is 0 Å². The molecule has 0 atom stereocenters. The van der Waals surface area contributed by atoms with E-state index in [1.54, 1.807) is 0 Å². The summed E-state index contributed by atoms with van der Waals surface area (Å²) in [5.41, 5.74) is 5.56. The fraction of sp³-hybridized carbons (Fsp3) is 0.143. The molecule has 2 rings (SSSR count). The highest BCUT2D eigenvalue weighted by Crippen LogP contribution is 2.34. The second-order valence-electron chi connectivity index (χ2n) is 3.72. The van der Waals surface area contributed by atoms with Crippen molar-refractivity contribution in [2.45, 2.75) is 13.3 Å². The molecule has 0 aromatic heterocycles. The van der Waals surface area contributed by atoms with E-state index >= 15 is 0 Å². The minimum atomic E-state index is 1.04. The standard InChI is InChI=1S/C14H13Br/c1-3-4-5-11-8-12-6-7-13(15)9-14(12)10(11)2/h3-7,9H,1,8H2,2H3/b5-4-. The van der Waals surface area contributed by atoms with Crippen molar-refractivity contribution >= 4 is 21.5 Å². The summed E-state index contributed by atoms with van der Waals surface area (Å²) in [5, 5.41) is 0. The van der Waals surface area contributed by atoms with Crippen LogP contribution in [0, 0.1) is 0 Å². The molecular weight excluding hydrogens is 248 g/mol. The third-order valence-corrected chi connectivity index (χ3v) is 3.27. The van der Waals surface area contributed by atoms with Gasteiger partial charge in [0.15, 0.2) is 0 Å². The zero-order valence-corrected chi connectivity index (χ0v) is 10.3. The molecule has 0 saturated carbocycles. The molecule has 0 heterocycles. The Hall–Kier alpha value is -1.08. The Morgan fingerprint density at radius 3 is 2.93 bits per heavy atom. The Morgan fingerprint density at radius 2 is 2.20 bits per heavy atom. The predicted octanol–water partition coefficient (Wildman–Crippen LogP) is 4.52. The molecule has 0 radical (unpaired) electrons. The number of allylic oxidation sites excluding steroid dienone is 5. The molecule has 0 saturated heterocycles. The van der Waals surface area contributed by atoms with Gasteiger partial charge >= 0.3 is 0 Å². The molecule has 1 aliphatic rings. The summed E-state index contributed by atoms with van der Waals surface area (Å²) in [4.78, 5) is 0. The zero-order chi connectivity index (χ0) is 10.8. The summed E-state index contributed by atoms with van der Waals surface area (Å²) < 4.78 is 1.15. The maximum Gasteiger partial charge on any atom is 0.0181 e. The molecule has 0 N–H and O–H groups in total. The topological polar surface area (TPSA) is 0 Å². The molecule has 15 heavy (non-hydrogen) atoms. The minimum Gasteiger partial charge on any atom is -0.0991 e. The lowest BCUT2D eigenvalue weighted by atomic mass is 10.1. The summed E-state index contributed by atoms with van der Waals surface area (Å²) in [6, 6.07) is 6.49. The van der Waals surface area contributed by atoms with Crippen LogP contribution in [0.3, 0.4) is 0 Å². The lowest BCUT2D eigenvalue weighted by Crippen LogP contribution is -1.82. The first-order valence-corrected chi connectivity index (χ1v) is 5.79. The minimum absolute atomic E-state index is 1.04. The van der Waals surface area contributed by atoms with E-state index in [1.165, 1.54) is 22.3 Å². The third-order valence-electron chi connectivity index (χ3n) is 2.77. The lowest BCUT2D eigenvalue weighted by Gasteiger charge is -2.00. The van der Waals surface area contributed by atoms with Crippen LogP contribution < -0.4 is 0 Å². The molecular formula is C14H13Br. The van der Waals surface area contributed by atoms with E-state index in [4.69, 9.17) is 0 Å². The van der Waals surface area contributed by atoms with Crippen LogP contribution in [-0.4, -0.2) is 0 Å². The van der Waals surface area contributed by atoms with Gasteiger partial charge in [0, 0.05) is 4.47 Å². The highest BCUT2D eigenvalue weighted by molar-refractivity contribution is 9.10. The van der Waals surface area contributed by atoms with Crippen LogP contribution in [0.25, 0.3) is 5.57 Å². The highest BCUT2D eigenvalue weighted by Gasteiger charge is 2.16. The summed E-state index contributed by atoms with van der Waals surface area (Å²) >= 11 is 3.51. The van der Waals surface area contributed by atoms with Crippen LogP contribution in [0.5, 0.6) is 0 Å². The van der Waals surface area contributed by atoms with Crippen molar-refractivity contribution in [1.82, 2.24) is 0 Å². The van der Waals surface area contributed by atoms with Crippen LogP contribution in [0.2, 0.25) is 0 Å². The van der Waals surface area contributed by atoms with Crippen LogP contribution in [0.15, 0.2) is 53.1 Å². The van der Waals surface area contributed by atoms with Crippen LogP contribution in [-0.2, 0) is 6.42 Å². The van der Waals surface area contributed by atoms with Gasteiger partial charge in [-0.1, -0.05) is 46.8 Å². The van der Waals surface area contributed by atoms with E-state index < -0.39 is 0 Å². The monoisotopic (exact) mass is 260 g/mol. The summed E-state index contributed by atoms with van der Waals surface area (Å²) in [6.45, 7) is 5.87. The van der Waals surface area contributed by atoms with Crippen molar-refractivity contribution in [1.29, 1.82) is 0 Å². The second kappa shape index (κ2) is 4.19. The van der Waals surface area contributed by atoms with Crippen LogP contribution >= 0.6 is 15.9 Å². The SMILES string of the molecule is C=C/C=C\C1=C(C)c2cc(Br)ccc2C1. The zero-order valence-electron chi connectivity index (χ0n) is 8.76. The Labute approximate surface area is 99.1 Å². The van der Waals surface area contributed by atoms with E-state index in [9.17, 15) is 0 Å². The number of fused-ring (bicyclic) bond motifs is 1. The smallest absolute Gasteiger partial charge is 0.0181 e. The van der Waals surface area contributed by atoms with Gasteiger partial charge in [-0.15, -0.1) is 0 Å². The molecule has 0 aliphatic heterocycles. The Bertz CT molecular complexity index is 464. The largest absolute Gasteiger partial charge is 0.0991 e. The Morgan fingerprint density at radius 1 is 1.40 bits per heavy atom. The Balaban J connectivity index is 2.42. The van der Waals surface area contributed by atoms with E-state index in [1.807, 2.05) is 12.2 Å². The average Bonchev–Trinajstić information content (AvgIpc) is 2.53. The second-order valence-corrected chi connectivity index (χ2v) is 4.64. The normalized spacial score (nSPS) is 14.8. The molecule has 0 nitrogen and oxygen atoms in total. The van der Waals surface area contributed by atoms with Gasteiger partial charge in [0.2, 0.25) is 0 Å². The number of hydrogen-bond acceptors (Lipinski definition) is 0. The van der Waals surface area contributed by atoms with Crippen molar-refractivity contribution in [3.05, 3.63) is 64.2 Å². The van der Waals surface area contributed by atoms with E-state index in [2.05, 4.69) is 53.7 Å². The molecule has 0 amide bonds. The quantitative estimate of drug-likeness (QED) is 0.686. The first-order chi connectivity index (χ1) is 7.22. The van der Waals surface area contributed by atoms with Crippen molar-refractivity contribution in [3.63, 3.8) is 0 Å². The van der Waals surface area contributed by atoms with Gasteiger partial charge in [0.1, 0.15) is 0 Å². The maximum atomic E-state index is 3.69. The molecule has 1 aromatic rings. The number of rotatable bonds is 2.